The third-order valence-corrected chi connectivity index (χ3v) is 2.96. The first-order valence-electron chi connectivity index (χ1n) is 5.30. The molecule has 0 saturated carbocycles. The van der Waals surface area contributed by atoms with Crippen molar-refractivity contribution in [1.29, 1.82) is 0 Å². The number of benzene rings is 1. The van der Waals surface area contributed by atoms with Gasteiger partial charge in [0.2, 0.25) is 0 Å². The van der Waals surface area contributed by atoms with Gasteiger partial charge in [-0.2, -0.15) is 0 Å². The lowest BCUT2D eigenvalue weighted by Crippen LogP contribution is -2.53. The zero-order valence-corrected chi connectivity index (χ0v) is 9.38. The van der Waals surface area contributed by atoms with Crippen LogP contribution in [-0.2, 0) is 4.79 Å². The summed E-state index contributed by atoms with van der Waals surface area (Å²) in [6, 6.07) is 4.53. The average Bonchev–Trinajstić information content (AvgIpc) is 2.13. The number of rotatable bonds is 2. The first-order valence-corrected chi connectivity index (χ1v) is 5.30. The molecule has 0 aromatic heterocycles. The van der Waals surface area contributed by atoms with Crippen LogP contribution in [0.3, 0.4) is 0 Å². The van der Waals surface area contributed by atoms with Crippen molar-refractivity contribution in [3.63, 3.8) is 0 Å². The molecule has 1 aliphatic heterocycles. The molecule has 1 amide bonds. The average molecular weight is 235 g/mol. The first-order chi connectivity index (χ1) is 7.99. The summed E-state index contributed by atoms with van der Waals surface area (Å²) >= 11 is 0. The number of carboxylic acids is 1. The van der Waals surface area contributed by atoms with Crippen LogP contribution in [0.4, 0.5) is 0 Å². The zero-order valence-electron chi connectivity index (χ0n) is 9.38. The number of carbonyl (C=O) groups excluding carboxylic acids is 1. The molecule has 1 fully saturated rings. The highest BCUT2D eigenvalue weighted by molar-refractivity contribution is 5.97. The van der Waals surface area contributed by atoms with E-state index in [0.717, 1.165) is 0 Å². The number of amides is 1. The summed E-state index contributed by atoms with van der Waals surface area (Å²) in [5.41, 5.74) is 1.19. The van der Waals surface area contributed by atoms with Gasteiger partial charge in [0.1, 0.15) is 5.75 Å². The van der Waals surface area contributed by atoms with E-state index in [1.807, 2.05) is 0 Å². The van der Waals surface area contributed by atoms with Crippen molar-refractivity contribution in [1.82, 2.24) is 4.90 Å². The van der Waals surface area contributed by atoms with Crippen molar-refractivity contribution in [2.24, 2.45) is 5.92 Å². The molecule has 17 heavy (non-hydrogen) atoms. The van der Waals surface area contributed by atoms with Crippen molar-refractivity contribution >= 4 is 11.9 Å². The van der Waals surface area contributed by atoms with Gasteiger partial charge in [-0.25, -0.2) is 0 Å². The second-order valence-corrected chi connectivity index (χ2v) is 4.24. The van der Waals surface area contributed by atoms with E-state index in [-0.39, 0.29) is 24.7 Å². The number of aryl methyl sites for hydroxylation is 1. The molecule has 1 saturated heterocycles. The van der Waals surface area contributed by atoms with Gasteiger partial charge in [-0.1, -0.05) is 0 Å². The van der Waals surface area contributed by atoms with Gasteiger partial charge in [0, 0.05) is 18.7 Å². The number of nitrogens with zero attached hydrogens (tertiary/aromatic N) is 1. The highest BCUT2D eigenvalue weighted by atomic mass is 16.4. The Morgan fingerprint density at radius 1 is 1.35 bits per heavy atom. The summed E-state index contributed by atoms with van der Waals surface area (Å²) in [5.74, 6) is -1.38. The quantitative estimate of drug-likeness (QED) is 0.796. The molecule has 1 aromatic rings. The number of hydrogen-bond donors (Lipinski definition) is 2. The SMILES string of the molecule is Cc1cc(O)ccc1C(=O)N1CC(C(=O)O)C1. The van der Waals surface area contributed by atoms with Gasteiger partial charge in [-0.15, -0.1) is 0 Å². The minimum atomic E-state index is -0.864. The summed E-state index contributed by atoms with van der Waals surface area (Å²) in [5, 5.41) is 18.0. The minimum Gasteiger partial charge on any atom is -0.508 e. The van der Waals surface area contributed by atoms with Crippen molar-refractivity contribution < 1.29 is 19.8 Å². The first kappa shape index (κ1) is 11.4. The molecule has 1 aliphatic rings. The molecule has 1 aromatic carbocycles. The Morgan fingerprint density at radius 3 is 2.53 bits per heavy atom. The topological polar surface area (TPSA) is 77.8 Å². The maximum Gasteiger partial charge on any atom is 0.310 e. The Bertz CT molecular complexity index is 477. The lowest BCUT2D eigenvalue weighted by molar-refractivity contribution is -0.146. The van der Waals surface area contributed by atoms with Gasteiger partial charge in [0.25, 0.3) is 5.91 Å². The highest BCUT2D eigenvalue weighted by Crippen LogP contribution is 2.22. The van der Waals surface area contributed by atoms with Crippen LogP contribution in [0.25, 0.3) is 0 Å². The van der Waals surface area contributed by atoms with Crippen LogP contribution in [0.1, 0.15) is 15.9 Å². The Kier molecular flexibility index (Phi) is 2.75. The van der Waals surface area contributed by atoms with Crippen molar-refractivity contribution in [3.8, 4) is 5.75 Å². The van der Waals surface area contributed by atoms with Crippen LogP contribution in [0.5, 0.6) is 5.75 Å². The zero-order chi connectivity index (χ0) is 12.6. The van der Waals surface area contributed by atoms with Gasteiger partial charge in [0.15, 0.2) is 0 Å². The van der Waals surface area contributed by atoms with Crippen LogP contribution in [0, 0.1) is 12.8 Å². The fourth-order valence-corrected chi connectivity index (χ4v) is 1.86. The fourth-order valence-electron chi connectivity index (χ4n) is 1.86. The van der Waals surface area contributed by atoms with Crippen LogP contribution in [-0.4, -0.2) is 40.1 Å². The minimum absolute atomic E-state index is 0.117. The van der Waals surface area contributed by atoms with Crippen LogP contribution >= 0.6 is 0 Å². The van der Waals surface area contributed by atoms with Crippen molar-refractivity contribution in [3.05, 3.63) is 29.3 Å². The smallest absolute Gasteiger partial charge is 0.310 e. The third kappa shape index (κ3) is 2.08. The van der Waals surface area contributed by atoms with E-state index >= 15 is 0 Å². The largest absolute Gasteiger partial charge is 0.508 e. The molecule has 0 spiro atoms. The molecule has 0 aliphatic carbocycles. The van der Waals surface area contributed by atoms with E-state index in [1.54, 1.807) is 13.0 Å². The number of phenolic OH excluding ortho intramolecular Hbond substituents is 1. The molecule has 5 heteroatoms. The third-order valence-electron chi connectivity index (χ3n) is 2.96. The maximum atomic E-state index is 12.0. The van der Waals surface area contributed by atoms with Gasteiger partial charge >= 0.3 is 5.97 Å². The van der Waals surface area contributed by atoms with Crippen molar-refractivity contribution in [2.45, 2.75) is 6.92 Å². The van der Waals surface area contributed by atoms with E-state index in [0.29, 0.717) is 11.1 Å². The summed E-state index contributed by atoms with van der Waals surface area (Å²) in [4.78, 5) is 24.1. The highest BCUT2D eigenvalue weighted by Gasteiger charge is 2.36. The van der Waals surface area contributed by atoms with Gasteiger partial charge in [-0.05, 0) is 30.7 Å². The van der Waals surface area contributed by atoms with E-state index in [4.69, 9.17) is 5.11 Å². The van der Waals surface area contributed by atoms with E-state index in [2.05, 4.69) is 0 Å². The van der Waals surface area contributed by atoms with Gasteiger partial charge < -0.3 is 15.1 Å². The molecule has 0 atom stereocenters. The molecule has 0 unspecified atom stereocenters. The molecule has 5 nitrogen and oxygen atoms in total. The van der Waals surface area contributed by atoms with Crippen LogP contribution in [0.15, 0.2) is 18.2 Å². The molecular formula is C12H13NO4. The predicted octanol–water partition coefficient (Wildman–Crippen LogP) is 0.857. The van der Waals surface area contributed by atoms with E-state index in [9.17, 15) is 14.7 Å². The summed E-state index contributed by atoms with van der Waals surface area (Å²) < 4.78 is 0. The number of hydrogen-bond acceptors (Lipinski definition) is 3. The predicted molar refractivity (Wildman–Crippen MR) is 59.9 cm³/mol. The second kappa shape index (κ2) is 4.08. The van der Waals surface area contributed by atoms with Gasteiger partial charge in [0.05, 0.1) is 5.92 Å². The monoisotopic (exact) mass is 235 g/mol. The number of phenols is 1. The normalized spacial score (nSPS) is 15.5. The molecule has 2 rings (SSSR count). The van der Waals surface area contributed by atoms with Crippen molar-refractivity contribution in [2.75, 3.05) is 13.1 Å². The standard InChI is InChI=1S/C12H13NO4/c1-7-4-9(14)2-3-10(7)11(15)13-5-8(6-13)12(16)17/h2-4,8,14H,5-6H2,1H3,(H,16,17). The molecular weight excluding hydrogens is 222 g/mol. The fraction of sp³-hybridized carbons (Fsp3) is 0.333. The Hall–Kier alpha value is -2.04. The second-order valence-electron chi connectivity index (χ2n) is 4.24. The summed E-state index contributed by atoms with van der Waals surface area (Å²) in [6.45, 7) is 2.25. The number of aliphatic carboxylic acids is 1. The number of carboxylic acid groups (broad SMARTS) is 1. The number of aromatic hydroxyl groups is 1. The molecule has 1 heterocycles. The van der Waals surface area contributed by atoms with E-state index in [1.165, 1.54) is 17.0 Å². The number of carbonyl (C=O) groups is 2. The summed E-state index contributed by atoms with van der Waals surface area (Å²) in [6.07, 6.45) is 0. The molecule has 90 valence electrons. The van der Waals surface area contributed by atoms with Crippen LogP contribution in [0.2, 0.25) is 0 Å². The Morgan fingerprint density at radius 2 is 2.00 bits per heavy atom. The number of likely N-dealkylation sites (tertiary alicyclic amines) is 1. The molecule has 2 N–H and O–H groups in total. The lowest BCUT2D eigenvalue weighted by atomic mass is 9.98. The molecule has 0 radical (unpaired) electrons. The lowest BCUT2D eigenvalue weighted by Gasteiger charge is -2.36. The van der Waals surface area contributed by atoms with Gasteiger partial charge in [-0.3, -0.25) is 9.59 Å². The summed E-state index contributed by atoms with van der Waals surface area (Å²) in [7, 11) is 0. The maximum absolute atomic E-state index is 12.0. The Labute approximate surface area is 98.3 Å². The van der Waals surface area contributed by atoms with E-state index < -0.39 is 11.9 Å². The van der Waals surface area contributed by atoms with Crippen LogP contribution < -0.4 is 0 Å². The molecule has 0 bridgehead atoms. The Balaban J connectivity index is 2.09.